The minimum atomic E-state index is -0.601. The molecule has 5 nitrogen and oxygen atoms in total. The highest BCUT2D eigenvalue weighted by Gasteiger charge is 2.20. The third-order valence-corrected chi connectivity index (χ3v) is 2.07. The molecule has 0 bridgehead atoms. The maximum atomic E-state index is 13.3. The molecule has 0 saturated carbocycles. The molecule has 0 aromatic carbocycles. The molecule has 0 unspecified atom stereocenters. The van der Waals surface area contributed by atoms with E-state index in [2.05, 4.69) is 15.4 Å². The number of nitrogens with one attached hydrogen (secondary N) is 1. The number of halogens is 1. The molecule has 1 aromatic rings. The minimum absolute atomic E-state index is 0.0928. The Labute approximate surface area is 87.8 Å². The number of hydrogen-bond acceptors (Lipinski definition) is 5. The molecule has 0 aliphatic heterocycles. The second-order valence-corrected chi connectivity index (χ2v) is 3.71. The standard InChI is InChI=1S/C9H15FN4O/c1-4-9(2,3)15-7-6(10)5-12-8(13-7)14-11/h5H,4,11H2,1-3H3,(H,12,13,14). The Hall–Kier alpha value is -1.43. The monoisotopic (exact) mass is 214 g/mol. The first kappa shape index (κ1) is 11.6. The first-order valence-corrected chi connectivity index (χ1v) is 4.66. The first-order valence-electron chi connectivity index (χ1n) is 4.66. The van der Waals surface area contributed by atoms with E-state index in [1.54, 1.807) is 0 Å². The lowest BCUT2D eigenvalue weighted by molar-refractivity contribution is 0.0929. The van der Waals surface area contributed by atoms with Gasteiger partial charge in [-0.2, -0.15) is 9.37 Å². The number of nitrogens with zero attached hydrogens (tertiary/aromatic N) is 2. The van der Waals surface area contributed by atoms with E-state index in [9.17, 15) is 4.39 Å². The molecule has 1 rings (SSSR count). The zero-order valence-corrected chi connectivity index (χ0v) is 9.04. The molecular weight excluding hydrogens is 199 g/mol. The molecule has 0 aliphatic rings. The van der Waals surface area contributed by atoms with Crippen molar-refractivity contribution in [3.05, 3.63) is 12.0 Å². The normalized spacial score (nSPS) is 11.3. The van der Waals surface area contributed by atoms with Crippen LogP contribution < -0.4 is 16.0 Å². The number of rotatable bonds is 4. The topological polar surface area (TPSA) is 73.1 Å². The van der Waals surface area contributed by atoms with Crippen LogP contribution in [0.3, 0.4) is 0 Å². The fraction of sp³-hybridized carbons (Fsp3) is 0.556. The van der Waals surface area contributed by atoms with Crippen molar-refractivity contribution >= 4 is 5.95 Å². The molecule has 0 amide bonds. The quantitative estimate of drug-likeness (QED) is 0.586. The minimum Gasteiger partial charge on any atom is -0.469 e. The number of nitrogens with two attached hydrogens (primary N) is 1. The summed E-state index contributed by atoms with van der Waals surface area (Å²) >= 11 is 0. The van der Waals surface area contributed by atoms with E-state index in [0.717, 1.165) is 12.6 Å². The Morgan fingerprint density at radius 1 is 1.60 bits per heavy atom. The Balaban J connectivity index is 2.93. The number of ether oxygens (including phenoxy) is 1. The summed E-state index contributed by atoms with van der Waals surface area (Å²) in [5.41, 5.74) is 1.76. The van der Waals surface area contributed by atoms with Crippen molar-refractivity contribution < 1.29 is 9.13 Å². The maximum absolute atomic E-state index is 13.3. The number of hydrazine groups is 1. The second-order valence-electron chi connectivity index (χ2n) is 3.71. The van der Waals surface area contributed by atoms with Gasteiger partial charge in [0.1, 0.15) is 5.60 Å². The van der Waals surface area contributed by atoms with E-state index in [4.69, 9.17) is 10.6 Å². The SMILES string of the molecule is CCC(C)(C)Oc1nc(NN)ncc1F. The summed E-state index contributed by atoms with van der Waals surface area (Å²) in [6, 6.07) is 0. The number of nitrogen functional groups attached to an aromatic ring is 1. The van der Waals surface area contributed by atoms with E-state index in [-0.39, 0.29) is 11.8 Å². The van der Waals surface area contributed by atoms with Crippen molar-refractivity contribution in [2.75, 3.05) is 5.43 Å². The average Bonchev–Trinajstić information content (AvgIpc) is 2.21. The van der Waals surface area contributed by atoms with E-state index in [1.165, 1.54) is 0 Å². The largest absolute Gasteiger partial charge is 0.469 e. The van der Waals surface area contributed by atoms with Crippen LogP contribution in [-0.4, -0.2) is 15.6 Å². The highest BCUT2D eigenvalue weighted by molar-refractivity contribution is 5.26. The smallest absolute Gasteiger partial charge is 0.255 e. The molecule has 0 aliphatic carbocycles. The Kier molecular flexibility index (Phi) is 3.41. The van der Waals surface area contributed by atoms with Crippen LogP contribution in [0.5, 0.6) is 5.88 Å². The van der Waals surface area contributed by atoms with Gasteiger partial charge in [-0.1, -0.05) is 6.92 Å². The van der Waals surface area contributed by atoms with E-state index in [0.29, 0.717) is 0 Å². The van der Waals surface area contributed by atoms with Gasteiger partial charge in [-0.15, -0.1) is 0 Å². The van der Waals surface area contributed by atoms with E-state index < -0.39 is 11.4 Å². The van der Waals surface area contributed by atoms with Crippen LogP contribution in [-0.2, 0) is 0 Å². The van der Waals surface area contributed by atoms with Crippen molar-refractivity contribution in [1.82, 2.24) is 9.97 Å². The van der Waals surface area contributed by atoms with Gasteiger partial charge >= 0.3 is 0 Å². The van der Waals surface area contributed by atoms with Crippen LogP contribution >= 0.6 is 0 Å². The molecule has 0 spiro atoms. The summed E-state index contributed by atoms with van der Waals surface area (Å²) in [7, 11) is 0. The van der Waals surface area contributed by atoms with Gasteiger partial charge in [-0.25, -0.2) is 10.8 Å². The molecule has 0 fully saturated rings. The van der Waals surface area contributed by atoms with Crippen molar-refractivity contribution in [3.8, 4) is 5.88 Å². The van der Waals surface area contributed by atoms with Crippen molar-refractivity contribution in [2.24, 2.45) is 5.84 Å². The maximum Gasteiger partial charge on any atom is 0.255 e. The van der Waals surface area contributed by atoms with Crippen molar-refractivity contribution in [3.63, 3.8) is 0 Å². The zero-order chi connectivity index (χ0) is 11.5. The summed E-state index contributed by atoms with van der Waals surface area (Å²) < 4.78 is 18.7. The van der Waals surface area contributed by atoms with Gasteiger partial charge in [0.05, 0.1) is 6.20 Å². The number of anilines is 1. The second kappa shape index (κ2) is 4.39. The molecule has 1 aromatic heterocycles. The molecule has 0 saturated heterocycles. The third-order valence-electron chi connectivity index (χ3n) is 2.07. The molecular formula is C9H15FN4O. The Bertz CT molecular complexity index is 343. The van der Waals surface area contributed by atoms with Gasteiger partial charge in [-0.05, 0) is 20.3 Å². The molecule has 3 N–H and O–H groups in total. The Morgan fingerprint density at radius 3 is 2.80 bits per heavy atom. The number of hydrogen-bond donors (Lipinski definition) is 2. The van der Waals surface area contributed by atoms with Crippen molar-refractivity contribution in [1.29, 1.82) is 0 Å². The van der Waals surface area contributed by atoms with Crippen molar-refractivity contribution in [2.45, 2.75) is 32.8 Å². The zero-order valence-electron chi connectivity index (χ0n) is 9.04. The lowest BCUT2D eigenvalue weighted by atomic mass is 10.1. The summed E-state index contributed by atoms with van der Waals surface area (Å²) in [6.45, 7) is 5.65. The van der Waals surface area contributed by atoms with E-state index >= 15 is 0 Å². The number of aromatic nitrogens is 2. The fourth-order valence-electron chi connectivity index (χ4n) is 0.826. The Morgan fingerprint density at radius 2 is 2.27 bits per heavy atom. The fourth-order valence-corrected chi connectivity index (χ4v) is 0.826. The lowest BCUT2D eigenvalue weighted by Gasteiger charge is -2.24. The molecule has 84 valence electrons. The van der Waals surface area contributed by atoms with Gasteiger partial charge < -0.3 is 4.74 Å². The molecule has 15 heavy (non-hydrogen) atoms. The molecule has 0 radical (unpaired) electrons. The van der Waals surface area contributed by atoms with Gasteiger partial charge in [0.15, 0.2) is 0 Å². The van der Waals surface area contributed by atoms with Gasteiger partial charge in [0, 0.05) is 0 Å². The average molecular weight is 214 g/mol. The highest BCUT2D eigenvalue weighted by Crippen LogP contribution is 2.21. The molecule has 1 heterocycles. The predicted octanol–water partition coefficient (Wildman–Crippen LogP) is 1.47. The summed E-state index contributed by atoms with van der Waals surface area (Å²) in [5.74, 6) is 4.54. The van der Waals surface area contributed by atoms with Crippen LogP contribution in [0, 0.1) is 5.82 Å². The van der Waals surface area contributed by atoms with Crippen LogP contribution in [0.4, 0.5) is 10.3 Å². The van der Waals surface area contributed by atoms with Crippen LogP contribution in [0.1, 0.15) is 27.2 Å². The highest BCUT2D eigenvalue weighted by atomic mass is 19.1. The lowest BCUT2D eigenvalue weighted by Crippen LogP contribution is -2.28. The van der Waals surface area contributed by atoms with Gasteiger partial charge in [0.2, 0.25) is 11.8 Å². The van der Waals surface area contributed by atoms with Gasteiger partial charge in [-0.3, -0.25) is 5.43 Å². The summed E-state index contributed by atoms with van der Waals surface area (Å²) in [6.07, 6.45) is 1.76. The third kappa shape index (κ3) is 3.02. The van der Waals surface area contributed by atoms with E-state index in [1.807, 2.05) is 20.8 Å². The molecule has 6 heteroatoms. The summed E-state index contributed by atoms with van der Waals surface area (Å²) in [4.78, 5) is 7.39. The predicted molar refractivity (Wildman–Crippen MR) is 54.8 cm³/mol. The van der Waals surface area contributed by atoms with Crippen LogP contribution in [0.25, 0.3) is 0 Å². The molecule has 0 atom stereocenters. The van der Waals surface area contributed by atoms with Crippen LogP contribution in [0.15, 0.2) is 6.20 Å². The van der Waals surface area contributed by atoms with Gasteiger partial charge in [0.25, 0.3) is 5.88 Å². The van der Waals surface area contributed by atoms with Crippen LogP contribution in [0.2, 0.25) is 0 Å². The first-order chi connectivity index (χ1) is 6.98. The summed E-state index contributed by atoms with van der Waals surface area (Å²) in [5, 5.41) is 0.